The van der Waals surface area contributed by atoms with Crippen molar-refractivity contribution in [3.05, 3.63) is 82.2 Å². The lowest BCUT2D eigenvalue weighted by atomic mass is 10.0. The summed E-state index contributed by atoms with van der Waals surface area (Å²) in [6.07, 6.45) is 2.04. The van der Waals surface area contributed by atoms with Crippen molar-refractivity contribution in [3.8, 4) is 11.5 Å². The van der Waals surface area contributed by atoms with Crippen LogP contribution in [0.5, 0.6) is 11.5 Å². The molecular weight excluding hydrogens is 456 g/mol. The normalized spacial score (nSPS) is 12.8. The standard InChI is InChI=1S/C24H20N4O5S/c29-22(14-7-8-19-20(11-14)33-13-32-19)27-28-23(30)18(26-24(31)21-6-3-9-34-21)10-15-12-25-17-5-2-1-4-16(15)17/h1-9,11-12,18,25H,10,13H2,(H,26,31)(H,27,29)(H,28,30)/t18-/m0/s1. The number of hydrazine groups is 1. The van der Waals surface area contributed by atoms with Crippen LogP contribution in [0.25, 0.3) is 10.9 Å². The van der Waals surface area contributed by atoms with Gasteiger partial charge < -0.3 is 19.8 Å². The van der Waals surface area contributed by atoms with Gasteiger partial charge in [-0.1, -0.05) is 24.3 Å². The van der Waals surface area contributed by atoms with E-state index in [4.69, 9.17) is 9.47 Å². The first-order valence-corrected chi connectivity index (χ1v) is 11.4. The van der Waals surface area contributed by atoms with Crippen molar-refractivity contribution in [3.63, 3.8) is 0 Å². The van der Waals surface area contributed by atoms with Crippen LogP contribution >= 0.6 is 11.3 Å². The highest BCUT2D eigenvalue weighted by Crippen LogP contribution is 2.32. The summed E-state index contributed by atoms with van der Waals surface area (Å²) in [5, 5.41) is 5.52. The molecule has 10 heteroatoms. The number of amides is 3. The first kappa shape index (κ1) is 21.5. The zero-order valence-electron chi connectivity index (χ0n) is 17.8. The second-order valence-electron chi connectivity index (χ2n) is 7.58. The number of hydrogen-bond acceptors (Lipinski definition) is 6. The quantitative estimate of drug-likeness (QED) is 0.319. The highest BCUT2D eigenvalue weighted by Gasteiger charge is 2.24. The molecule has 4 aromatic rings. The number of H-pyrrole nitrogens is 1. The summed E-state index contributed by atoms with van der Waals surface area (Å²) in [6.45, 7) is 0.0938. The number of aromatic amines is 1. The molecule has 1 atom stereocenters. The smallest absolute Gasteiger partial charge is 0.269 e. The third-order valence-corrected chi connectivity index (χ3v) is 6.27. The highest BCUT2D eigenvalue weighted by atomic mass is 32.1. The number of aromatic nitrogens is 1. The molecule has 5 rings (SSSR count). The minimum Gasteiger partial charge on any atom is -0.454 e. The van der Waals surface area contributed by atoms with Crippen LogP contribution in [-0.4, -0.2) is 35.5 Å². The molecule has 0 saturated heterocycles. The Morgan fingerprint density at radius 3 is 2.68 bits per heavy atom. The Bertz CT molecular complexity index is 1360. The van der Waals surface area contributed by atoms with Gasteiger partial charge >= 0.3 is 0 Å². The van der Waals surface area contributed by atoms with Crippen molar-refractivity contribution < 1.29 is 23.9 Å². The van der Waals surface area contributed by atoms with Gasteiger partial charge in [0.05, 0.1) is 4.88 Å². The molecule has 1 aliphatic heterocycles. The van der Waals surface area contributed by atoms with Crippen molar-refractivity contribution in [1.82, 2.24) is 21.2 Å². The Kier molecular flexibility index (Phi) is 5.88. The van der Waals surface area contributed by atoms with Gasteiger partial charge in [-0.15, -0.1) is 11.3 Å². The second-order valence-corrected chi connectivity index (χ2v) is 8.53. The van der Waals surface area contributed by atoms with Crippen molar-refractivity contribution in [2.24, 2.45) is 0 Å². The van der Waals surface area contributed by atoms with E-state index in [2.05, 4.69) is 21.2 Å². The van der Waals surface area contributed by atoms with E-state index in [9.17, 15) is 14.4 Å². The van der Waals surface area contributed by atoms with Crippen molar-refractivity contribution in [1.29, 1.82) is 0 Å². The Morgan fingerprint density at radius 1 is 0.971 bits per heavy atom. The molecule has 34 heavy (non-hydrogen) atoms. The highest BCUT2D eigenvalue weighted by molar-refractivity contribution is 7.12. The van der Waals surface area contributed by atoms with E-state index in [-0.39, 0.29) is 19.1 Å². The molecule has 4 N–H and O–H groups in total. The van der Waals surface area contributed by atoms with Gasteiger partial charge in [-0.2, -0.15) is 0 Å². The number of benzene rings is 2. The van der Waals surface area contributed by atoms with E-state index >= 15 is 0 Å². The minimum atomic E-state index is -0.925. The topological polar surface area (TPSA) is 122 Å². The molecule has 0 fully saturated rings. The van der Waals surface area contributed by atoms with E-state index in [0.717, 1.165) is 16.5 Å². The summed E-state index contributed by atoms with van der Waals surface area (Å²) >= 11 is 1.28. The molecule has 2 aromatic carbocycles. The molecule has 0 radical (unpaired) electrons. The van der Waals surface area contributed by atoms with Gasteiger partial charge in [-0.25, -0.2) is 0 Å². The monoisotopic (exact) mass is 476 g/mol. The van der Waals surface area contributed by atoms with E-state index in [0.29, 0.717) is 21.9 Å². The predicted molar refractivity (Wildman–Crippen MR) is 126 cm³/mol. The molecule has 0 unspecified atom stereocenters. The molecule has 1 aliphatic rings. The number of carbonyl (C=O) groups is 3. The summed E-state index contributed by atoms with van der Waals surface area (Å²) in [5.41, 5.74) is 6.92. The zero-order chi connectivity index (χ0) is 23.5. The van der Waals surface area contributed by atoms with Gasteiger partial charge in [0, 0.05) is 29.1 Å². The van der Waals surface area contributed by atoms with Crippen molar-refractivity contribution in [2.75, 3.05) is 6.79 Å². The largest absolute Gasteiger partial charge is 0.454 e. The number of para-hydroxylation sites is 1. The molecule has 3 amide bonds. The Balaban J connectivity index is 1.30. The summed E-state index contributed by atoms with van der Waals surface area (Å²) < 4.78 is 10.5. The van der Waals surface area contributed by atoms with Crippen LogP contribution in [0.3, 0.4) is 0 Å². The number of thiophene rings is 1. The number of nitrogens with one attached hydrogen (secondary N) is 4. The average molecular weight is 477 g/mol. The first-order valence-electron chi connectivity index (χ1n) is 10.5. The number of ether oxygens (including phenoxy) is 2. The number of carbonyl (C=O) groups excluding carboxylic acids is 3. The third kappa shape index (κ3) is 4.44. The molecule has 0 saturated carbocycles. The third-order valence-electron chi connectivity index (χ3n) is 5.40. The van der Waals surface area contributed by atoms with Gasteiger partial charge in [0.2, 0.25) is 6.79 Å². The van der Waals surface area contributed by atoms with Crippen LogP contribution in [0.2, 0.25) is 0 Å². The van der Waals surface area contributed by atoms with Crippen LogP contribution < -0.4 is 25.6 Å². The summed E-state index contributed by atoms with van der Waals surface area (Å²) in [5.74, 6) is -0.432. The zero-order valence-corrected chi connectivity index (χ0v) is 18.6. The van der Waals surface area contributed by atoms with E-state index in [1.165, 1.54) is 17.4 Å². The predicted octanol–water partition coefficient (Wildman–Crippen LogP) is 2.76. The SMILES string of the molecule is O=C(NNC(=O)[C@H](Cc1c[nH]c2ccccc12)NC(=O)c1cccs1)c1ccc2c(c1)OCO2. The molecule has 3 heterocycles. The second kappa shape index (κ2) is 9.28. The Hall–Kier alpha value is -4.31. The fourth-order valence-electron chi connectivity index (χ4n) is 3.68. The lowest BCUT2D eigenvalue weighted by molar-refractivity contribution is -0.123. The van der Waals surface area contributed by atoms with Gasteiger partial charge in [0.15, 0.2) is 11.5 Å². The summed E-state index contributed by atoms with van der Waals surface area (Å²) in [4.78, 5) is 41.9. The van der Waals surface area contributed by atoms with Crippen molar-refractivity contribution in [2.45, 2.75) is 12.5 Å². The average Bonchev–Trinajstić information content (AvgIpc) is 3.62. The van der Waals surface area contributed by atoms with Gasteiger partial charge in [0.25, 0.3) is 17.7 Å². The Morgan fingerprint density at radius 2 is 1.82 bits per heavy atom. The number of fused-ring (bicyclic) bond motifs is 2. The van der Waals surface area contributed by atoms with Crippen LogP contribution in [0.15, 0.2) is 66.2 Å². The fraction of sp³-hybridized carbons (Fsp3) is 0.125. The summed E-state index contributed by atoms with van der Waals surface area (Å²) in [6, 6.07) is 14.9. The number of rotatable bonds is 6. The maximum Gasteiger partial charge on any atom is 0.269 e. The van der Waals surface area contributed by atoms with E-state index in [1.54, 1.807) is 29.6 Å². The van der Waals surface area contributed by atoms with Crippen LogP contribution in [0, 0.1) is 0 Å². The maximum absolute atomic E-state index is 13.0. The van der Waals surface area contributed by atoms with Crippen LogP contribution in [-0.2, 0) is 11.2 Å². The van der Waals surface area contributed by atoms with Crippen molar-refractivity contribution >= 4 is 40.0 Å². The van der Waals surface area contributed by atoms with E-state index < -0.39 is 17.9 Å². The minimum absolute atomic E-state index is 0.0938. The van der Waals surface area contributed by atoms with Gasteiger partial charge in [-0.3, -0.25) is 25.2 Å². The van der Waals surface area contributed by atoms with E-state index in [1.807, 2.05) is 30.5 Å². The van der Waals surface area contributed by atoms with Gasteiger partial charge in [0.1, 0.15) is 6.04 Å². The molecular formula is C24H20N4O5S. The molecule has 0 bridgehead atoms. The molecule has 0 aliphatic carbocycles. The molecule has 9 nitrogen and oxygen atoms in total. The fourth-order valence-corrected chi connectivity index (χ4v) is 4.31. The molecule has 2 aromatic heterocycles. The van der Waals surface area contributed by atoms with Crippen LogP contribution in [0.1, 0.15) is 25.6 Å². The number of hydrogen-bond donors (Lipinski definition) is 4. The Labute approximate surface area is 198 Å². The molecule has 0 spiro atoms. The molecule has 172 valence electrons. The summed E-state index contributed by atoms with van der Waals surface area (Å²) in [7, 11) is 0. The van der Waals surface area contributed by atoms with Gasteiger partial charge in [-0.05, 0) is 41.3 Å². The first-order chi connectivity index (χ1) is 16.6. The lowest BCUT2D eigenvalue weighted by Crippen LogP contribution is -2.53. The van der Waals surface area contributed by atoms with Crippen LogP contribution in [0.4, 0.5) is 0 Å². The maximum atomic E-state index is 13.0. The lowest BCUT2D eigenvalue weighted by Gasteiger charge is -2.18.